The van der Waals surface area contributed by atoms with Gasteiger partial charge in [0.2, 0.25) is 0 Å². The van der Waals surface area contributed by atoms with E-state index in [-0.39, 0.29) is 18.2 Å². The number of rotatable bonds is 1. The lowest BCUT2D eigenvalue weighted by Crippen LogP contribution is -2.70. The first-order valence-electron chi connectivity index (χ1n) is 5.05. The van der Waals surface area contributed by atoms with Crippen LogP contribution in [0.2, 0.25) is 0 Å². The highest BCUT2D eigenvalue weighted by Gasteiger charge is 2.38. The van der Waals surface area contributed by atoms with Gasteiger partial charge in [-0.05, 0) is 6.92 Å². The van der Waals surface area contributed by atoms with Gasteiger partial charge in [-0.25, -0.2) is 0 Å². The van der Waals surface area contributed by atoms with Crippen LogP contribution < -0.4 is 10.6 Å². The van der Waals surface area contributed by atoms with Crippen LogP contribution in [0.25, 0.3) is 0 Å². The van der Waals surface area contributed by atoms with Gasteiger partial charge in [0, 0.05) is 44.3 Å². The zero-order chi connectivity index (χ0) is 9.31. The van der Waals surface area contributed by atoms with Crippen LogP contribution in [0.15, 0.2) is 0 Å². The first kappa shape index (κ1) is 9.40. The zero-order valence-electron chi connectivity index (χ0n) is 8.21. The summed E-state index contributed by atoms with van der Waals surface area (Å²) in [6, 6.07) is 0.270. The van der Waals surface area contributed by atoms with E-state index in [0.29, 0.717) is 0 Å². The molecule has 2 saturated heterocycles. The largest absolute Gasteiger partial charge is 0.395 e. The second-order valence-corrected chi connectivity index (χ2v) is 4.38. The molecule has 0 saturated carbocycles. The molecule has 0 aliphatic carbocycles. The highest BCUT2D eigenvalue weighted by molar-refractivity contribution is 4.99. The molecule has 0 radical (unpaired) electrons. The van der Waals surface area contributed by atoms with Gasteiger partial charge < -0.3 is 15.7 Å². The van der Waals surface area contributed by atoms with Gasteiger partial charge in [0.05, 0.1) is 6.61 Å². The third-order valence-electron chi connectivity index (χ3n) is 3.26. The molecule has 3 N–H and O–H groups in total. The number of hydrogen-bond acceptors (Lipinski definition) is 4. The summed E-state index contributed by atoms with van der Waals surface area (Å²) in [6.07, 6.45) is 0. The van der Waals surface area contributed by atoms with E-state index in [2.05, 4.69) is 22.5 Å². The Balaban J connectivity index is 2.01. The van der Waals surface area contributed by atoms with E-state index in [0.717, 1.165) is 32.7 Å². The highest BCUT2D eigenvalue weighted by atomic mass is 16.3. The molecule has 76 valence electrons. The minimum Gasteiger partial charge on any atom is -0.395 e. The van der Waals surface area contributed by atoms with E-state index in [1.807, 2.05) is 0 Å². The summed E-state index contributed by atoms with van der Waals surface area (Å²) >= 11 is 0. The second-order valence-electron chi connectivity index (χ2n) is 4.38. The van der Waals surface area contributed by atoms with Crippen LogP contribution in [-0.2, 0) is 0 Å². The van der Waals surface area contributed by atoms with Gasteiger partial charge >= 0.3 is 0 Å². The predicted molar refractivity (Wildman–Crippen MR) is 51.7 cm³/mol. The maximum atomic E-state index is 9.06. The Hall–Kier alpha value is -0.160. The number of fused-ring (bicyclic) bond motifs is 1. The van der Waals surface area contributed by atoms with Crippen LogP contribution in [0.3, 0.4) is 0 Å². The summed E-state index contributed by atoms with van der Waals surface area (Å²) in [5, 5.41) is 15.9. The van der Waals surface area contributed by atoms with Crippen molar-refractivity contribution in [1.82, 2.24) is 15.5 Å². The monoisotopic (exact) mass is 185 g/mol. The Morgan fingerprint density at radius 1 is 1.54 bits per heavy atom. The number of aliphatic hydroxyl groups excluding tert-OH is 1. The Morgan fingerprint density at radius 2 is 2.38 bits per heavy atom. The number of hydrogen-bond donors (Lipinski definition) is 3. The van der Waals surface area contributed by atoms with Crippen LogP contribution in [0.1, 0.15) is 6.92 Å². The average molecular weight is 185 g/mol. The first-order valence-corrected chi connectivity index (χ1v) is 5.05. The van der Waals surface area contributed by atoms with Crippen molar-refractivity contribution in [1.29, 1.82) is 0 Å². The molecular formula is C9H19N3O. The predicted octanol–water partition coefficient (Wildman–Crippen LogP) is -1.39. The van der Waals surface area contributed by atoms with Gasteiger partial charge in [-0.3, -0.25) is 4.90 Å². The molecule has 2 aliphatic rings. The molecule has 2 atom stereocenters. The molecule has 0 aromatic heterocycles. The molecule has 0 aromatic rings. The summed E-state index contributed by atoms with van der Waals surface area (Å²) in [6.45, 7) is 7.72. The van der Waals surface area contributed by atoms with E-state index >= 15 is 0 Å². The van der Waals surface area contributed by atoms with Gasteiger partial charge in [0.25, 0.3) is 0 Å². The quantitative estimate of drug-likeness (QED) is 0.471. The van der Waals surface area contributed by atoms with Crippen molar-refractivity contribution in [3.05, 3.63) is 0 Å². The molecule has 4 nitrogen and oxygen atoms in total. The summed E-state index contributed by atoms with van der Waals surface area (Å²) in [4.78, 5) is 2.49. The molecular weight excluding hydrogens is 166 g/mol. The van der Waals surface area contributed by atoms with E-state index in [1.54, 1.807) is 0 Å². The Kier molecular flexibility index (Phi) is 2.55. The Labute approximate surface area is 79.3 Å². The summed E-state index contributed by atoms with van der Waals surface area (Å²) < 4.78 is 0. The van der Waals surface area contributed by atoms with Crippen LogP contribution in [0, 0.1) is 0 Å². The topological polar surface area (TPSA) is 47.5 Å². The Bertz CT molecular complexity index is 188. The van der Waals surface area contributed by atoms with E-state index in [1.165, 1.54) is 0 Å². The standard InChI is InChI=1S/C9H19N3O/c1-9-6-10-2-3-12(9)4-8(5-13)11-7-9/h8,10-11,13H,2-7H2,1H3/t8-,9?/m0/s1. The van der Waals surface area contributed by atoms with Gasteiger partial charge in [-0.1, -0.05) is 0 Å². The van der Waals surface area contributed by atoms with Crippen LogP contribution in [0.4, 0.5) is 0 Å². The molecule has 2 heterocycles. The molecule has 0 spiro atoms. The molecule has 2 aliphatic heterocycles. The molecule has 2 rings (SSSR count). The lowest BCUT2D eigenvalue weighted by Gasteiger charge is -2.50. The smallest absolute Gasteiger partial charge is 0.0597 e. The first-order chi connectivity index (χ1) is 6.24. The van der Waals surface area contributed by atoms with Crippen molar-refractivity contribution in [3.8, 4) is 0 Å². The van der Waals surface area contributed by atoms with Gasteiger partial charge in [0.1, 0.15) is 0 Å². The van der Waals surface area contributed by atoms with Crippen molar-refractivity contribution in [2.75, 3.05) is 39.3 Å². The highest BCUT2D eigenvalue weighted by Crippen LogP contribution is 2.20. The van der Waals surface area contributed by atoms with Crippen LogP contribution in [-0.4, -0.2) is 60.9 Å². The fourth-order valence-electron chi connectivity index (χ4n) is 2.26. The van der Waals surface area contributed by atoms with Gasteiger partial charge in [0.15, 0.2) is 0 Å². The molecule has 4 heteroatoms. The normalized spacial score (nSPS) is 41.5. The lowest BCUT2D eigenvalue weighted by atomic mass is 9.93. The van der Waals surface area contributed by atoms with Gasteiger partial charge in [-0.2, -0.15) is 0 Å². The van der Waals surface area contributed by atoms with Crippen molar-refractivity contribution in [2.24, 2.45) is 0 Å². The fraction of sp³-hybridized carbons (Fsp3) is 1.00. The van der Waals surface area contributed by atoms with Crippen molar-refractivity contribution in [2.45, 2.75) is 18.5 Å². The SMILES string of the molecule is CC12CNCCN1C[C@@H](CO)NC2. The van der Waals surface area contributed by atoms with E-state index in [9.17, 15) is 0 Å². The molecule has 0 amide bonds. The molecule has 1 unspecified atom stereocenters. The molecule has 0 bridgehead atoms. The maximum Gasteiger partial charge on any atom is 0.0597 e. The average Bonchev–Trinajstić information content (AvgIpc) is 2.16. The molecule has 13 heavy (non-hydrogen) atoms. The minimum absolute atomic E-state index is 0.250. The fourth-order valence-corrected chi connectivity index (χ4v) is 2.26. The summed E-state index contributed by atoms with van der Waals surface area (Å²) in [5.74, 6) is 0. The lowest BCUT2D eigenvalue weighted by molar-refractivity contribution is 0.0194. The number of piperazine rings is 2. The summed E-state index contributed by atoms with van der Waals surface area (Å²) in [5.41, 5.74) is 0.254. The third-order valence-corrected chi connectivity index (χ3v) is 3.26. The van der Waals surface area contributed by atoms with Crippen molar-refractivity contribution < 1.29 is 5.11 Å². The number of aliphatic hydroxyl groups is 1. The zero-order valence-corrected chi connectivity index (χ0v) is 8.21. The Morgan fingerprint density at radius 3 is 3.15 bits per heavy atom. The molecule has 2 fully saturated rings. The van der Waals surface area contributed by atoms with E-state index < -0.39 is 0 Å². The summed E-state index contributed by atoms with van der Waals surface area (Å²) in [7, 11) is 0. The number of nitrogens with zero attached hydrogens (tertiary/aromatic N) is 1. The van der Waals surface area contributed by atoms with Crippen molar-refractivity contribution >= 4 is 0 Å². The number of nitrogens with one attached hydrogen (secondary N) is 2. The van der Waals surface area contributed by atoms with Gasteiger partial charge in [-0.15, -0.1) is 0 Å². The van der Waals surface area contributed by atoms with Crippen LogP contribution >= 0.6 is 0 Å². The molecule has 0 aromatic carbocycles. The van der Waals surface area contributed by atoms with E-state index in [4.69, 9.17) is 5.11 Å². The third kappa shape index (κ3) is 1.72. The van der Waals surface area contributed by atoms with Crippen molar-refractivity contribution in [3.63, 3.8) is 0 Å². The second kappa shape index (κ2) is 3.53. The minimum atomic E-state index is 0.250. The van der Waals surface area contributed by atoms with Crippen LogP contribution in [0.5, 0.6) is 0 Å². The maximum absolute atomic E-state index is 9.06.